The number of aromatic nitrogens is 1. The number of hydrogen-bond donors (Lipinski definition) is 2. The van der Waals surface area contributed by atoms with Gasteiger partial charge in [0.25, 0.3) is 5.91 Å². The van der Waals surface area contributed by atoms with Crippen LogP contribution >= 0.6 is 0 Å². The van der Waals surface area contributed by atoms with Crippen molar-refractivity contribution in [1.82, 2.24) is 20.1 Å². The summed E-state index contributed by atoms with van der Waals surface area (Å²) in [6.07, 6.45) is 2.93. The Bertz CT molecular complexity index is 772. The zero-order chi connectivity index (χ0) is 18.7. The van der Waals surface area contributed by atoms with Gasteiger partial charge in [-0.3, -0.25) is 9.69 Å². The molecule has 3 rings (SSSR count). The molecule has 0 aliphatic carbocycles. The fraction of sp³-hybridized carbons (Fsp3) is 0.400. The molecule has 0 radical (unpaired) electrons. The number of hydrogen-bond acceptors (Lipinski definition) is 5. The van der Waals surface area contributed by atoms with Crippen LogP contribution in [0.15, 0.2) is 36.5 Å². The first-order chi connectivity index (χ1) is 12.5. The monoisotopic (exact) mass is 353 g/mol. The highest BCUT2D eigenvalue weighted by molar-refractivity contribution is 5.99. The van der Waals surface area contributed by atoms with Gasteiger partial charge >= 0.3 is 0 Å². The fourth-order valence-corrected chi connectivity index (χ4v) is 3.39. The molecular weight excluding hydrogens is 326 g/mol. The molecule has 1 saturated heterocycles. The maximum Gasteiger partial charge on any atom is 0.254 e. The molecule has 3 N–H and O–H groups in total. The SMILES string of the molecule is CNC(=O)c1cc(-c2ccc(CN3CCC(N(C)C)C3)cc2)cnc1N. The summed E-state index contributed by atoms with van der Waals surface area (Å²) in [7, 11) is 5.88. The molecule has 1 fully saturated rings. The van der Waals surface area contributed by atoms with Crippen LogP contribution in [0.5, 0.6) is 0 Å². The first kappa shape index (κ1) is 18.4. The maximum atomic E-state index is 11.9. The Balaban J connectivity index is 1.71. The van der Waals surface area contributed by atoms with Crippen molar-refractivity contribution in [2.24, 2.45) is 0 Å². The molecule has 1 aromatic heterocycles. The molecule has 6 heteroatoms. The summed E-state index contributed by atoms with van der Waals surface area (Å²) in [4.78, 5) is 20.9. The number of nitrogens with one attached hydrogen (secondary N) is 1. The lowest BCUT2D eigenvalue weighted by Gasteiger charge is -2.20. The Hall–Kier alpha value is -2.44. The van der Waals surface area contributed by atoms with Crippen LogP contribution in [0.2, 0.25) is 0 Å². The van der Waals surface area contributed by atoms with Crippen molar-refractivity contribution in [1.29, 1.82) is 0 Å². The molecule has 0 bridgehead atoms. The van der Waals surface area contributed by atoms with Crippen LogP contribution in [0, 0.1) is 0 Å². The highest BCUT2D eigenvalue weighted by Gasteiger charge is 2.23. The molecule has 2 aromatic rings. The lowest BCUT2D eigenvalue weighted by atomic mass is 10.0. The summed E-state index contributed by atoms with van der Waals surface area (Å²) in [6.45, 7) is 3.22. The lowest BCUT2D eigenvalue weighted by Crippen LogP contribution is -2.31. The Kier molecular flexibility index (Phi) is 5.54. The van der Waals surface area contributed by atoms with Crippen molar-refractivity contribution in [2.45, 2.75) is 19.0 Å². The molecule has 1 amide bonds. The third-order valence-corrected chi connectivity index (χ3v) is 5.06. The minimum Gasteiger partial charge on any atom is -0.383 e. The van der Waals surface area contributed by atoms with Gasteiger partial charge in [-0.05, 0) is 37.7 Å². The number of likely N-dealkylation sites (N-methyl/N-ethyl adjacent to an activating group) is 1. The van der Waals surface area contributed by atoms with Gasteiger partial charge in [0.2, 0.25) is 0 Å². The second-order valence-electron chi connectivity index (χ2n) is 7.07. The topological polar surface area (TPSA) is 74.5 Å². The van der Waals surface area contributed by atoms with Crippen LogP contribution in [0.3, 0.4) is 0 Å². The maximum absolute atomic E-state index is 11.9. The molecular formula is C20H27N5O. The molecule has 1 aliphatic heterocycles. The lowest BCUT2D eigenvalue weighted by molar-refractivity contribution is 0.0963. The number of carbonyl (C=O) groups is 1. The molecule has 1 atom stereocenters. The molecule has 26 heavy (non-hydrogen) atoms. The largest absolute Gasteiger partial charge is 0.383 e. The van der Waals surface area contributed by atoms with Gasteiger partial charge in [-0.15, -0.1) is 0 Å². The average molecular weight is 353 g/mol. The van der Waals surface area contributed by atoms with Crippen molar-refractivity contribution in [3.63, 3.8) is 0 Å². The van der Waals surface area contributed by atoms with Crippen LogP contribution in [-0.4, -0.2) is 61.0 Å². The number of amides is 1. The standard InChI is InChI=1S/C20H27N5O/c1-22-20(26)18-10-16(11-23-19(18)21)15-6-4-14(5-7-15)12-25-9-8-17(13-25)24(2)3/h4-7,10-11,17H,8-9,12-13H2,1-3H3,(H2,21,23)(H,22,26). The van der Waals surface area contributed by atoms with Crippen LogP contribution < -0.4 is 11.1 Å². The smallest absolute Gasteiger partial charge is 0.254 e. The molecule has 138 valence electrons. The van der Waals surface area contributed by atoms with Crippen molar-refractivity contribution >= 4 is 11.7 Å². The van der Waals surface area contributed by atoms with E-state index in [0.29, 0.717) is 11.6 Å². The van der Waals surface area contributed by atoms with Gasteiger partial charge < -0.3 is 16.0 Å². The third-order valence-electron chi connectivity index (χ3n) is 5.06. The highest BCUT2D eigenvalue weighted by atomic mass is 16.1. The summed E-state index contributed by atoms with van der Waals surface area (Å²) in [5.74, 6) is 0.0205. The molecule has 0 spiro atoms. The van der Waals surface area contributed by atoms with Crippen LogP contribution in [0.1, 0.15) is 22.3 Å². The van der Waals surface area contributed by atoms with Gasteiger partial charge in [-0.1, -0.05) is 24.3 Å². The summed E-state index contributed by atoms with van der Waals surface area (Å²) in [5.41, 5.74) is 9.42. The zero-order valence-corrected chi connectivity index (χ0v) is 15.7. The van der Waals surface area contributed by atoms with Crippen molar-refractivity contribution in [3.8, 4) is 11.1 Å². The van der Waals surface area contributed by atoms with E-state index in [1.807, 2.05) is 0 Å². The number of anilines is 1. The zero-order valence-electron chi connectivity index (χ0n) is 15.7. The Labute approximate surface area is 155 Å². The minimum absolute atomic E-state index is 0.224. The van der Waals surface area contributed by atoms with Gasteiger partial charge in [-0.2, -0.15) is 0 Å². The molecule has 2 heterocycles. The number of nitrogen functional groups attached to an aromatic ring is 1. The summed E-state index contributed by atoms with van der Waals surface area (Å²) in [5, 5.41) is 2.59. The van der Waals surface area contributed by atoms with Gasteiger partial charge in [0.1, 0.15) is 5.82 Å². The Morgan fingerprint density at radius 1 is 1.31 bits per heavy atom. The quantitative estimate of drug-likeness (QED) is 0.858. The van der Waals surface area contributed by atoms with Crippen LogP contribution in [0.4, 0.5) is 5.82 Å². The second-order valence-corrected chi connectivity index (χ2v) is 7.07. The normalized spacial score (nSPS) is 17.6. The molecule has 1 aromatic carbocycles. The highest BCUT2D eigenvalue weighted by Crippen LogP contribution is 2.23. The number of carbonyl (C=O) groups excluding carboxylic acids is 1. The van der Waals surface area contributed by atoms with E-state index in [2.05, 4.69) is 58.5 Å². The molecule has 6 nitrogen and oxygen atoms in total. The van der Waals surface area contributed by atoms with Gasteiger partial charge in [-0.25, -0.2) is 4.98 Å². The van der Waals surface area contributed by atoms with Crippen LogP contribution in [-0.2, 0) is 6.54 Å². The van der Waals surface area contributed by atoms with E-state index in [1.165, 1.54) is 12.0 Å². The minimum atomic E-state index is -0.224. The number of pyridine rings is 1. The van der Waals surface area contributed by atoms with Crippen molar-refractivity contribution in [2.75, 3.05) is 40.0 Å². The van der Waals surface area contributed by atoms with Crippen molar-refractivity contribution in [3.05, 3.63) is 47.7 Å². The number of likely N-dealkylation sites (tertiary alicyclic amines) is 1. The summed E-state index contributed by atoms with van der Waals surface area (Å²) >= 11 is 0. The third kappa shape index (κ3) is 4.03. The molecule has 1 aliphatic rings. The first-order valence-electron chi connectivity index (χ1n) is 8.93. The van der Waals surface area contributed by atoms with E-state index in [4.69, 9.17) is 5.73 Å². The average Bonchev–Trinajstić information content (AvgIpc) is 3.11. The Morgan fingerprint density at radius 2 is 2.04 bits per heavy atom. The van der Waals surface area contributed by atoms with Gasteiger partial charge in [0.05, 0.1) is 5.56 Å². The number of nitrogens with two attached hydrogens (primary N) is 1. The van der Waals surface area contributed by atoms with E-state index in [1.54, 1.807) is 19.3 Å². The summed E-state index contributed by atoms with van der Waals surface area (Å²) < 4.78 is 0. The van der Waals surface area contributed by atoms with E-state index in [0.717, 1.165) is 30.8 Å². The van der Waals surface area contributed by atoms with Crippen LogP contribution in [0.25, 0.3) is 11.1 Å². The van der Waals surface area contributed by atoms with Gasteiger partial charge in [0.15, 0.2) is 0 Å². The van der Waals surface area contributed by atoms with E-state index in [-0.39, 0.29) is 11.7 Å². The van der Waals surface area contributed by atoms with Gasteiger partial charge in [0, 0.05) is 44.5 Å². The first-order valence-corrected chi connectivity index (χ1v) is 8.93. The molecule has 0 saturated carbocycles. The van der Waals surface area contributed by atoms with Crippen molar-refractivity contribution < 1.29 is 4.79 Å². The van der Waals surface area contributed by atoms with E-state index >= 15 is 0 Å². The van der Waals surface area contributed by atoms with E-state index in [9.17, 15) is 4.79 Å². The predicted octanol–water partition coefficient (Wildman–Crippen LogP) is 1.83. The molecule has 1 unspecified atom stereocenters. The Morgan fingerprint density at radius 3 is 2.65 bits per heavy atom. The summed E-state index contributed by atoms with van der Waals surface area (Å²) in [6, 6.07) is 10.9. The number of rotatable bonds is 5. The number of benzene rings is 1. The predicted molar refractivity (Wildman–Crippen MR) is 105 cm³/mol. The second kappa shape index (κ2) is 7.85. The van der Waals surface area contributed by atoms with E-state index < -0.39 is 0 Å². The number of nitrogens with zero attached hydrogens (tertiary/aromatic N) is 3. The fourth-order valence-electron chi connectivity index (χ4n) is 3.39.